The van der Waals surface area contributed by atoms with Crippen LogP contribution in [0.3, 0.4) is 0 Å². The van der Waals surface area contributed by atoms with Gasteiger partial charge in [0.15, 0.2) is 0 Å². The van der Waals surface area contributed by atoms with Crippen molar-refractivity contribution in [3.05, 3.63) is 63.9 Å². The first-order valence-electron chi connectivity index (χ1n) is 11.8. The molecular weight excluding hydrogens is 460 g/mol. The van der Waals surface area contributed by atoms with E-state index in [4.69, 9.17) is 28.3 Å². The van der Waals surface area contributed by atoms with Crippen molar-refractivity contribution in [2.45, 2.75) is 50.6 Å². The molecule has 2 aromatic carbocycles. The first-order chi connectivity index (χ1) is 16.0. The van der Waals surface area contributed by atoms with E-state index in [0.29, 0.717) is 33.8 Å². The minimum atomic E-state index is -0.298. The van der Waals surface area contributed by atoms with Gasteiger partial charge in [-0.3, -0.25) is 9.80 Å². The molecule has 7 heteroatoms. The molecule has 1 aliphatic heterocycles. The molecule has 6 atom stereocenters. The average molecular weight is 486 g/mol. The molecule has 2 bridgehead atoms. The first kappa shape index (κ1) is 21.4. The van der Waals surface area contributed by atoms with Gasteiger partial charge >= 0.3 is 0 Å². The minimum absolute atomic E-state index is 0.0964. The number of carbonyl (C=O) groups excluding carboxylic acids is 1. The molecule has 0 spiro atoms. The Morgan fingerprint density at radius 1 is 1.03 bits per heavy atom. The van der Waals surface area contributed by atoms with Crippen LogP contribution in [-0.2, 0) is 4.79 Å². The number of nitrogens with one attached hydrogen (secondary N) is 1. The molecule has 0 saturated heterocycles. The fourth-order valence-corrected chi connectivity index (χ4v) is 7.36. The van der Waals surface area contributed by atoms with Crippen molar-refractivity contribution in [3.8, 4) is 0 Å². The number of nitrogens with zero attached hydrogens (tertiary/aromatic N) is 2. The van der Waals surface area contributed by atoms with Crippen LogP contribution in [0.1, 0.15) is 50.1 Å². The van der Waals surface area contributed by atoms with E-state index >= 15 is 0 Å². The van der Waals surface area contributed by atoms with Gasteiger partial charge in [-0.25, -0.2) is 4.39 Å². The number of hydrogen-bond acceptors (Lipinski definition) is 3. The predicted molar refractivity (Wildman–Crippen MR) is 129 cm³/mol. The maximum absolute atomic E-state index is 13.6. The van der Waals surface area contributed by atoms with Crippen molar-refractivity contribution in [1.82, 2.24) is 5.32 Å². The highest BCUT2D eigenvalue weighted by atomic mass is 35.5. The second-order valence-corrected chi connectivity index (χ2v) is 10.9. The van der Waals surface area contributed by atoms with Gasteiger partial charge in [0.1, 0.15) is 11.5 Å². The number of hydrogen-bond donors (Lipinski definition) is 1. The Hall–Kier alpha value is -2.11. The maximum Gasteiger partial charge on any atom is 0.267 e. The van der Waals surface area contributed by atoms with Gasteiger partial charge in [-0.05, 0) is 91.7 Å². The summed E-state index contributed by atoms with van der Waals surface area (Å²) >= 11 is 12.6. The van der Waals surface area contributed by atoms with Crippen LogP contribution >= 0.6 is 23.2 Å². The normalized spacial score (nSPS) is 32.2. The molecule has 33 heavy (non-hydrogen) atoms. The number of carbonyl (C=O) groups is 1. The Balaban J connectivity index is 1.26. The second-order valence-electron chi connectivity index (χ2n) is 10.1. The van der Waals surface area contributed by atoms with Crippen molar-refractivity contribution in [2.24, 2.45) is 28.8 Å². The van der Waals surface area contributed by atoms with Crippen molar-refractivity contribution < 1.29 is 9.18 Å². The number of fused-ring (bicyclic) bond motifs is 1. The van der Waals surface area contributed by atoms with Gasteiger partial charge in [-0.1, -0.05) is 35.3 Å². The lowest BCUT2D eigenvalue weighted by Crippen LogP contribution is -2.48. The standard InChI is InChI=1S/C26H26Cl2FN3O/c27-17-4-8-24(21(28)12-17)32-25(15-1-5-18(29)6-2-15)13-23(31-32)26(33)30-22-7-3-16-9-14-10-19(16)20(22)11-14/h1-2,4-6,8,12,14,16,19-20,22,25H,3,7,9-11,13H2,(H,30,33). The van der Waals surface area contributed by atoms with E-state index in [1.807, 2.05) is 6.07 Å². The van der Waals surface area contributed by atoms with Gasteiger partial charge in [0, 0.05) is 17.5 Å². The highest BCUT2D eigenvalue weighted by Gasteiger charge is 2.51. The highest BCUT2D eigenvalue weighted by Crippen LogP contribution is 2.57. The number of rotatable bonds is 4. The summed E-state index contributed by atoms with van der Waals surface area (Å²) in [5.74, 6) is 2.74. The van der Waals surface area contributed by atoms with Crippen LogP contribution in [-0.4, -0.2) is 17.7 Å². The van der Waals surface area contributed by atoms with Gasteiger partial charge in [0.05, 0.1) is 16.8 Å². The van der Waals surface area contributed by atoms with E-state index < -0.39 is 0 Å². The summed E-state index contributed by atoms with van der Waals surface area (Å²) in [5.41, 5.74) is 2.04. The SMILES string of the molecule is O=C(NC1CCC2CC3CC2C1C3)C1=NN(c2ccc(Cl)cc2Cl)C(c2ccc(F)cc2)C1. The van der Waals surface area contributed by atoms with E-state index in [1.54, 1.807) is 29.3 Å². The van der Waals surface area contributed by atoms with Crippen molar-refractivity contribution in [3.63, 3.8) is 0 Å². The van der Waals surface area contributed by atoms with Crippen LogP contribution < -0.4 is 10.3 Å². The molecule has 0 radical (unpaired) electrons. The molecule has 1 N–H and O–H groups in total. The number of hydrazone groups is 1. The van der Waals surface area contributed by atoms with Crippen LogP contribution in [0.25, 0.3) is 0 Å². The smallest absolute Gasteiger partial charge is 0.267 e. The molecule has 1 heterocycles. The molecule has 2 aromatic rings. The Labute approximate surface area is 203 Å². The average Bonchev–Trinajstić information content (AvgIpc) is 3.51. The fourth-order valence-electron chi connectivity index (χ4n) is 6.87. The third kappa shape index (κ3) is 3.83. The summed E-state index contributed by atoms with van der Waals surface area (Å²) in [6.45, 7) is 0. The van der Waals surface area contributed by atoms with E-state index in [-0.39, 0.29) is 23.8 Å². The summed E-state index contributed by atoms with van der Waals surface area (Å²) in [4.78, 5) is 13.4. The quantitative estimate of drug-likeness (QED) is 0.545. The van der Waals surface area contributed by atoms with Gasteiger partial charge in [-0.2, -0.15) is 5.10 Å². The number of amides is 1. The number of benzene rings is 2. The Bertz CT molecular complexity index is 1120. The van der Waals surface area contributed by atoms with Gasteiger partial charge < -0.3 is 5.32 Å². The number of anilines is 1. The van der Waals surface area contributed by atoms with Crippen LogP contribution in [0, 0.1) is 29.5 Å². The zero-order valence-corrected chi connectivity index (χ0v) is 19.7. The largest absolute Gasteiger partial charge is 0.348 e. The third-order valence-corrected chi connectivity index (χ3v) is 8.81. The van der Waals surface area contributed by atoms with Crippen LogP contribution in [0.2, 0.25) is 10.0 Å². The minimum Gasteiger partial charge on any atom is -0.348 e. The second kappa shape index (κ2) is 8.28. The van der Waals surface area contributed by atoms with Crippen LogP contribution in [0.4, 0.5) is 10.1 Å². The summed E-state index contributed by atoms with van der Waals surface area (Å²) in [6, 6.07) is 11.6. The van der Waals surface area contributed by atoms with Crippen molar-refractivity contribution in [2.75, 3.05) is 5.01 Å². The fraction of sp³-hybridized carbons (Fsp3) is 0.462. The number of halogens is 3. The molecular formula is C26H26Cl2FN3O. The Morgan fingerprint density at radius 3 is 2.58 bits per heavy atom. The summed E-state index contributed by atoms with van der Waals surface area (Å²) in [7, 11) is 0. The lowest BCUT2D eigenvalue weighted by Gasteiger charge is -2.41. The summed E-state index contributed by atoms with van der Waals surface area (Å²) in [5, 5.41) is 10.8. The van der Waals surface area contributed by atoms with E-state index in [2.05, 4.69) is 5.32 Å². The van der Waals surface area contributed by atoms with Gasteiger partial charge in [-0.15, -0.1) is 0 Å². The molecule has 172 valence electrons. The van der Waals surface area contributed by atoms with Crippen molar-refractivity contribution in [1.29, 1.82) is 0 Å². The monoisotopic (exact) mass is 485 g/mol. The van der Waals surface area contributed by atoms with E-state index in [1.165, 1.54) is 37.8 Å². The predicted octanol–water partition coefficient (Wildman–Crippen LogP) is 6.38. The lowest BCUT2D eigenvalue weighted by atomic mass is 9.68. The molecule has 6 rings (SSSR count). The van der Waals surface area contributed by atoms with Crippen LogP contribution in [0.15, 0.2) is 47.6 Å². The van der Waals surface area contributed by atoms with E-state index in [9.17, 15) is 9.18 Å². The lowest BCUT2D eigenvalue weighted by molar-refractivity contribution is -0.116. The molecule has 4 aliphatic rings. The topological polar surface area (TPSA) is 44.7 Å². The molecule has 3 saturated carbocycles. The Kier molecular flexibility index (Phi) is 5.38. The maximum atomic E-state index is 13.6. The molecule has 3 aliphatic carbocycles. The molecule has 6 unspecified atom stereocenters. The van der Waals surface area contributed by atoms with Gasteiger partial charge in [0.25, 0.3) is 5.91 Å². The third-order valence-electron chi connectivity index (χ3n) is 8.27. The summed E-state index contributed by atoms with van der Waals surface area (Å²) < 4.78 is 13.6. The first-order valence-corrected chi connectivity index (χ1v) is 12.6. The zero-order valence-electron chi connectivity index (χ0n) is 18.2. The van der Waals surface area contributed by atoms with E-state index in [0.717, 1.165) is 29.7 Å². The Morgan fingerprint density at radius 2 is 1.82 bits per heavy atom. The molecule has 4 nitrogen and oxygen atoms in total. The van der Waals surface area contributed by atoms with Gasteiger partial charge in [0.2, 0.25) is 0 Å². The zero-order chi connectivity index (χ0) is 22.7. The van der Waals surface area contributed by atoms with Crippen molar-refractivity contribution >= 4 is 40.5 Å². The summed E-state index contributed by atoms with van der Waals surface area (Å²) in [6.07, 6.45) is 6.71. The molecule has 3 fully saturated rings. The molecule has 0 aromatic heterocycles. The van der Waals surface area contributed by atoms with Crippen LogP contribution in [0.5, 0.6) is 0 Å². The highest BCUT2D eigenvalue weighted by molar-refractivity contribution is 6.40. The molecule has 1 amide bonds.